The predicted octanol–water partition coefficient (Wildman–Crippen LogP) is 4.56. The van der Waals surface area contributed by atoms with Gasteiger partial charge in [0, 0.05) is 23.1 Å². The number of aryl methyl sites for hydroxylation is 2. The molecule has 0 fully saturated rings. The molecule has 0 spiro atoms. The van der Waals surface area contributed by atoms with E-state index in [1.165, 1.54) is 9.80 Å². The summed E-state index contributed by atoms with van der Waals surface area (Å²) in [7, 11) is 1.65. The maximum absolute atomic E-state index is 13.7. The van der Waals surface area contributed by atoms with Crippen LogP contribution < -0.4 is 19.3 Å². The molecule has 2 aliphatic heterocycles. The van der Waals surface area contributed by atoms with Crippen LogP contribution in [0.1, 0.15) is 40.5 Å². The Hall–Kier alpha value is -3.72. The van der Waals surface area contributed by atoms with Gasteiger partial charge in [0.15, 0.2) is 18.5 Å². The van der Waals surface area contributed by atoms with Gasteiger partial charge in [-0.3, -0.25) is 19.3 Å². The van der Waals surface area contributed by atoms with Gasteiger partial charge in [-0.15, -0.1) is 11.3 Å². The van der Waals surface area contributed by atoms with E-state index in [-0.39, 0.29) is 24.2 Å². The van der Waals surface area contributed by atoms with Crippen LogP contribution in [-0.4, -0.2) is 48.4 Å². The molecular formula is C27H27N3O5S. The van der Waals surface area contributed by atoms with Crippen molar-refractivity contribution in [3.05, 3.63) is 51.8 Å². The van der Waals surface area contributed by atoms with Crippen molar-refractivity contribution in [2.45, 2.75) is 46.3 Å². The maximum Gasteiger partial charge on any atom is 0.268 e. The molecule has 0 saturated heterocycles. The Morgan fingerprint density at radius 1 is 1.14 bits per heavy atom. The zero-order valence-corrected chi connectivity index (χ0v) is 21.6. The van der Waals surface area contributed by atoms with E-state index in [0.717, 1.165) is 21.1 Å². The molecule has 5 rings (SSSR count). The number of anilines is 2. The molecule has 3 heterocycles. The van der Waals surface area contributed by atoms with Gasteiger partial charge in [0.05, 0.1) is 28.1 Å². The number of hydrogen-bond acceptors (Lipinski definition) is 7. The molecule has 0 radical (unpaired) electrons. The minimum Gasteiger partial charge on any atom is -0.482 e. The van der Waals surface area contributed by atoms with Gasteiger partial charge in [-0.2, -0.15) is 0 Å². The standard InChI is InChI=1S/C27H27N3O5S/c1-6-21-27(33)30(20-11-17(7-10-23(20)35-21)25-15(3)36-16(4)28-25)14(2)26(32)18-8-9-22-19(12-18)29(5)24(31)13-34-22/h7-12,14,21H,6,13H2,1-5H3. The Morgan fingerprint density at radius 3 is 2.58 bits per heavy atom. The van der Waals surface area contributed by atoms with Crippen LogP contribution in [0.15, 0.2) is 36.4 Å². The van der Waals surface area contributed by atoms with Crippen LogP contribution in [-0.2, 0) is 9.59 Å². The lowest BCUT2D eigenvalue weighted by atomic mass is 9.99. The maximum atomic E-state index is 13.7. The summed E-state index contributed by atoms with van der Waals surface area (Å²) in [6, 6.07) is 9.85. The molecule has 3 aromatic rings. The van der Waals surface area contributed by atoms with Crippen molar-refractivity contribution in [2.75, 3.05) is 23.5 Å². The van der Waals surface area contributed by atoms with E-state index in [9.17, 15) is 14.4 Å². The zero-order valence-electron chi connectivity index (χ0n) is 20.8. The summed E-state index contributed by atoms with van der Waals surface area (Å²) in [5.74, 6) is 0.398. The van der Waals surface area contributed by atoms with E-state index < -0.39 is 12.1 Å². The lowest BCUT2D eigenvalue weighted by Gasteiger charge is -2.37. The molecule has 2 amide bonds. The van der Waals surface area contributed by atoms with Crippen molar-refractivity contribution in [3.8, 4) is 22.8 Å². The van der Waals surface area contributed by atoms with Crippen LogP contribution in [0.25, 0.3) is 11.3 Å². The fourth-order valence-electron chi connectivity index (χ4n) is 4.67. The van der Waals surface area contributed by atoms with E-state index >= 15 is 0 Å². The number of fused-ring (bicyclic) bond motifs is 2. The van der Waals surface area contributed by atoms with Gasteiger partial charge in [0.2, 0.25) is 0 Å². The summed E-state index contributed by atoms with van der Waals surface area (Å²) in [6.45, 7) is 7.53. The van der Waals surface area contributed by atoms with Crippen LogP contribution >= 0.6 is 11.3 Å². The van der Waals surface area contributed by atoms with Crippen LogP contribution in [0, 0.1) is 13.8 Å². The SMILES string of the molecule is CCC1Oc2ccc(-c3nc(C)sc3C)cc2N(C(C)C(=O)c2ccc3c(c2)N(C)C(=O)CO3)C1=O. The van der Waals surface area contributed by atoms with E-state index in [0.29, 0.717) is 34.9 Å². The van der Waals surface area contributed by atoms with Crippen LogP contribution in [0.3, 0.4) is 0 Å². The number of likely N-dealkylation sites (N-methyl/N-ethyl adjacent to an activating group) is 1. The van der Waals surface area contributed by atoms with E-state index in [2.05, 4.69) is 4.98 Å². The molecule has 2 atom stereocenters. The highest BCUT2D eigenvalue weighted by Crippen LogP contribution is 2.41. The number of hydrogen-bond donors (Lipinski definition) is 0. The number of rotatable bonds is 5. The van der Waals surface area contributed by atoms with Gasteiger partial charge in [-0.05, 0) is 63.6 Å². The Labute approximate surface area is 213 Å². The fourth-order valence-corrected chi connectivity index (χ4v) is 5.51. The molecule has 8 nitrogen and oxygen atoms in total. The Morgan fingerprint density at radius 2 is 1.89 bits per heavy atom. The lowest BCUT2D eigenvalue weighted by molar-refractivity contribution is -0.126. The molecule has 9 heteroatoms. The first-order chi connectivity index (χ1) is 17.2. The van der Waals surface area contributed by atoms with E-state index in [4.69, 9.17) is 9.47 Å². The summed E-state index contributed by atoms with van der Waals surface area (Å²) in [6.07, 6.45) is -0.201. The summed E-state index contributed by atoms with van der Waals surface area (Å²) < 4.78 is 11.5. The molecule has 36 heavy (non-hydrogen) atoms. The molecule has 0 aliphatic carbocycles. The highest BCUT2D eigenvalue weighted by atomic mass is 32.1. The molecule has 0 N–H and O–H groups in total. The third-order valence-corrected chi connectivity index (χ3v) is 7.53. The minimum atomic E-state index is -0.800. The molecule has 0 bridgehead atoms. The first kappa shape index (κ1) is 24.0. The number of thiazole rings is 1. The summed E-state index contributed by atoms with van der Waals surface area (Å²) in [4.78, 5) is 48.0. The highest BCUT2D eigenvalue weighted by Gasteiger charge is 2.39. The predicted molar refractivity (Wildman–Crippen MR) is 138 cm³/mol. The van der Waals surface area contributed by atoms with E-state index in [1.54, 1.807) is 43.5 Å². The number of carbonyl (C=O) groups is 3. The minimum absolute atomic E-state index is 0.0367. The highest BCUT2D eigenvalue weighted by molar-refractivity contribution is 7.11. The van der Waals surface area contributed by atoms with E-state index in [1.807, 2.05) is 39.0 Å². The summed E-state index contributed by atoms with van der Waals surface area (Å²) in [5, 5.41) is 0.957. The van der Waals surface area contributed by atoms with Gasteiger partial charge in [-0.25, -0.2) is 4.98 Å². The number of nitrogens with zero attached hydrogens (tertiary/aromatic N) is 3. The largest absolute Gasteiger partial charge is 0.482 e. The van der Waals surface area contributed by atoms with Gasteiger partial charge < -0.3 is 14.4 Å². The molecule has 0 saturated carbocycles. The molecule has 186 valence electrons. The molecular weight excluding hydrogens is 478 g/mol. The number of Topliss-reactive ketones (excluding diaryl/α,β-unsaturated/α-hetero) is 1. The Balaban J connectivity index is 1.55. The topological polar surface area (TPSA) is 89.0 Å². The smallest absolute Gasteiger partial charge is 0.268 e. The van der Waals surface area contributed by atoms with Crippen molar-refractivity contribution >= 4 is 40.3 Å². The second kappa shape index (κ2) is 9.05. The second-order valence-electron chi connectivity index (χ2n) is 9.01. The molecule has 2 aliphatic rings. The number of carbonyl (C=O) groups excluding carboxylic acids is 3. The van der Waals surface area contributed by atoms with Crippen LogP contribution in [0.2, 0.25) is 0 Å². The third kappa shape index (κ3) is 3.93. The lowest BCUT2D eigenvalue weighted by Crippen LogP contribution is -2.52. The van der Waals surface area contributed by atoms with Gasteiger partial charge >= 0.3 is 0 Å². The Kier molecular flexibility index (Phi) is 6.04. The summed E-state index contributed by atoms with van der Waals surface area (Å²) in [5.41, 5.74) is 3.18. The number of amides is 2. The summed E-state index contributed by atoms with van der Waals surface area (Å²) >= 11 is 1.61. The Bertz CT molecular complexity index is 1400. The number of ether oxygens (including phenoxy) is 2. The average molecular weight is 506 g/mol. The molecule has 1 aromatic heterocycles. The third-order valence-electron chi connectivity index (χ3n) is 6.65. The molecule has 2 aromatic carbocycles. The molecule has 2 unspecified atom stereocenters. The van der Waals surface area contributed by atoms with Gasteiger partial charge in [0.25, 0.3) is 11.8 Å². The van der Waals surface area contributed by atoms with Gasteiger partial charge in [0.1, 0.15) is 11.5 Å². The normalized spacial score (nSPS) is 17.8. The van der Waals surface area contributed by atoms with Crippen LogP contribution in [0.4, 0.5) is 11.4 Å². The fraction of sp³-hybridized carbons (Fsp3) is 0.333. The van der Waals surface area contributed by atoms with Crippen LogP contribution in [0.5, 0.6) is 11.5 Å². The first-order valence-electron chi connectivity index (χ1n) is 11.8. The average Bonchev–Trinajstić information content (AvgIpc) is 3.22. The first-order valence-corrected chi connectivity index (χ1v) is 12.7. The van der Waals surface area contributed by atoms with Crippen molar-refractivity contribution in [1.82, 2.24) is 4.98 Å². The van der Waals surface area contributed by atoms with Crippen molar-refractivity contribution in [3.63, 3.8) is 0 Å². The number of aromatic nitrogens is 1. The monoisotopic (exact) mass is 505 g/mol. The van der Waals surface area contributed by atoms with Gasteiger partial charge in [-0.1, -0.05) is 6.92 Å². The van der Waals surface area contributed by atoms with Crippen molar-refractivity contribution < 1.29 is 23.9 Å². The van der Waals surface area contributed by atoms with Crippen molar-refractivity contribution in [2.24, 2.45) is 0 Å². The zero-order chi connectivity index (χ0) is 25.7. The number of ketones is 1. The number of benzene rings is 2. The second-order valence-corrected chi connectivity index (χ2v) is 10.4. The van der Waals surface area contributed by atoms with Crippen molar-refractivity contribution in [1.29, 1.82) is 0 Å². The quantitative estimate of drug-likeness (QED) is 0.473.